The highest BCUT2D eigenvalue weighted by molar-refractivity contribution is 7.99. The van der Waals surface area contributed by atoms with E-state index in [0.29, 0.717) is 13.0 Å². The van der Waals surface area contributed by atoms with E-state index in [1.54, 1.807) is 18.7 Å². The number of hydrogen-bond acceptors (Lipinski definition) is 4. The van der Waals surface area contributed by atoms with E-state index < -0.39 is 11.5 Å². The third-order valence-corrected chi connectivity index (χ3v) is 3.70. The van der Waals surface area contributed by atoms with E-state index in [9.17, 15) is 9.90 Å². The number of likely N-dealkylation sites (N-methyl/N-ethyl adjacent to an activating group) is 1. The predicted octanol–water partition coefficient (Wildman–Crippen LogP) is 1.33. The van der Waals surface area contributed by atoms with Crippen LogP contribution in [0.5, 0.6) is 0 Å². The molecule has 4 nitrogen and oxygen atoms in total. The first kappa shape index (κ1) is 15.7. The quantitative estimate of drug-likeness (QED) is 0.538. The highest BCUT2D eigenvalue weighted by Crippen LogP contribution is 2.22. The van der Waals surface area contributed by atoms with E-state index >= 15 is 0 Å². The van der Waals surface area contributed by atoms with Gasteiger partial charge in [-0.25, -0.2) is 0 Å². The molecule has 2 unspecified atom stereocenters. The smallest absolute Gasteiger partial charge is 0.323 e. The fourth-order valence-corrected chi connectivity index (χ4v) is 2.76. The highest BCUT2D eigenvalue weighted by atomic mass is 32.2. The minimum absolute atomic E-state index is 0.198. The molecule has 0 aromatic carbocycles. The lowest BCUT2D eigenvalue weighted by Crippen LogP contribution is -2.50. The Hall–Kier alpha value is -0.260. The molecular weight excluding hydrogens is 226 g/mol. The highest BCUT2D eigenvalue weighted by Gasteiger charge is 2.33. The van der Waals surface area contributed by atoms with Gasteiger partial charge in [-0.3, -0.25) is 4.79 Å². The first-order valence-electron chi connectivity index (χ1n) is 5.67. The standard InChI is InChI=1S/C11H23NO3S/c1-4-12-11(3,10(14)15)8-9(2)16-7-5-6-13/h9,12-13H,4-8H2,1-3H3,(H,14,15). The minimum Gasteiger partial charge on any atom is -0.480 e. The van der Waals surface area contributed by atoms with E-state index in [4.69, 9.17) is 5.11 Å². The van der Waals surface area contributed by atoms with E-state index in [1.807, 2.05) is 13.8 Å². The molecule has 2 atom stereocenters. The van der Waals surface area contributed by atoms with Crippen molar-refractivity contribution in [1.82, 2.24) is 5.32 Å². The molecule has 0 fully saturated rings. The summed E-state index contributed by atoms with van der Waals surface area (Å²) in [5.74, 6) is 0.0726. The Kier molecular flexibility index (Phi) is 7.80. The molecule has 0 aromatic heterocycles. The van der Waals surface area contributed by atoms with Gasteiger partial charge in [0.05, 0.1) is 0 Å². The molecule has 5 heteroatoms. The minimum atomic E-state index is -0.847. The first-order chi connectivity index (χ1) is 7.46. The number of aliphatic hydroxyl groups excluding tert-OH is 1. The summed E-state index contributed by atoms with van der Waals surface area (Å²) in [6.07, 6.45) is 1.35. The van der Waals surface area contributed by atoms with Gasteiger partial charge in [-0.15, -0.1) is 0 Å². The van der Waals surface area contributed by atoms with Crippen molar-refractivity contribution in [2.24, 2.45) is 0 Å². The van der Waals surface area contributed by atoms with Crippen LogP contribution in [0.2, 0.25) is 0 Å². The van der Waals surface area contributed by atoms with Crippen molar-refractivity contribution in [1.29, 1.82) is 0 Å². The Bertz CT molecular complexity index is 213. The van der Waals surface area contributed by atoms with E-state index in [0.717, 1.165) is 12.2 Å². The molecule has 0 saturated carbocycles. The van der Waals surface area contributed by atoms with Gasteiger partial charge in [0.2, 0.25) is 0 Å². The summed E-state index contributed by atoms with van der Waals surface area (Å²) in [6, 6.07) is 0. The summed E-state index contributed by atoms with van der Waals surface area (Å²) < 4.78 is 0. The maximum atomic E-state index is 11.2. The fraction of sp³-hybridized carbons (Fsp3) is 0.909. The second-order valence-corrected chi connectivity index (χ2v) is 5.68. The number of aliphatic hydroxyl groups is 1. The number of carboxylic acid groups (broad SMARTS) is 1. The molecule has 96 valence electrons. The van der Waals surface area contributed by atoms with Crippen molar-refractivity contribution in [2.45, 2.75) is 44.4 Å². The van der Waals surface area contributed by atoms with Crippen molar-refractivity contribution in [3.8, 4) is 0 Å². The van der Waals surface area contributed by atoms with Crippen LogP contribution in [0, 0.1) is 0 Å². The van der Waals surface area contributed by atoms with Crippen molar-refractivity contribution < 1.29 is 15.0 Å². The molecule has 0 heterocycles. The fourth-order valence-electron chi connectivity index (χ4n) is 1.61. The maximum Gasteiger partial charge on any atom is 0.323 e. The van der Waals surface area contributed by atoms with Crippen LogP contribution in [-0.2, 0) is 4.79 Å². The van der Waals surface area contributed by atoms with Crippen molar-refractivity contribution in [3.05, 3.63) is 0 Å². The second-order valence-electron chi connectivity index (χ2n) is 4.13. The molecule has 0 spiro atoms. The molecular formula is C11H23NO3S. The summed E-state index contributed by atoms with van der Waals surface area (Å²) in [5.41, 5.74) is -0.847. The number of thioether (sulfide) groups is 1. The summed E-state index contributed by atoms with van der Waals surface area (Å²) in [5, 5.41) is 21.1. The molecule has 0 amide bonds. The Labute approximate surface area is 102 Å². The molecule has 0 aromatic rings. The zero-order chi connectivity index (χ0) is 12.6. The third-order valence-electron chi connectivity index (χ3n) is 2.44. The molecule has 0 rings (SSSR count). The molecule has 0 aliphatic heterocycles. The lowest BCUT2D eigenvalue weighted by Gasteiger charge is -2.28. The van der Waals surface area contributed by atoms with Crippen LogP contribution in [0.25, 0.3) is 0 Å². The third kappa shape index (κ3) is 5.72. The largest absolute Gasteiger partial charge is 0.480 e. The van der Waals surface area contributed by atoms with Gasteiger partial charge in [-0.2, -0.15) is 11.8 Å². The Morgan fingerprint density at radius 2 is 2.19 bits per heavy atom. The van der Waals surface area contributed by atoms with Crippen LogP contribution >= 0.6 is 11.8 Å². The van der Waals surface area contributed by atoms with Gasteiger partial charge in [0, 0.05) is 11.9 Å². The number of rotatable bonds is 9. The summed E-state index contributed by atoms with van der Waals surface area (Å²) >= 11 is 1.71. The maximum absolute atomic E-state index is 11.2. The molecule has 0 saturated heterocycles. The first-order valence-corrected chi connectivity index (χ1v) is 6.72. The molecule has 3 N–H and O–H groups in total. The van der Waals surface area contributed by atoms with Crippen molar-refractivity contribution in [2.75, 3.05) is 18.9 Å². The van der Waals surface area contributed by atoms with Gasteiger partial charge in [0.1, 0.15) is 5.54 Å². The van der Waals surface area contributed by atoms with Crippen LogP contribution in [-0.4, -0.2) is 45.9 Å². The van der Waals surface area contributed by atoms with Gasteiger partial charge < -0.3 is 15.5 Å². The number of carboxylic acids is 1. The second kappa shape index (κ2) is 7.92. The average molecular weight is 249 g/mol. The lowest BCUT2D eigenvalue weighted by atomic mass is 9.96. The Morgan fingerprint density at radius 1 is 1.56 bits per heavy atom. The lowest BCUT2D eigenvalue weighted by molar-refractivity contribution is -0.144. The van der Waals surface area contributed by atoms with Crippen LogP contribution < -0.4 is 5.32 Å². The van der Waals surface area contributed by atoms with E-state index in [1.165, 1.54) is 0 Å². The summed E-state index contributed by atoms with van der Waals surface area (Å²) in [6.45, 7) is 6.51. The average Bonchev–Trinajstić information content (AvgIpc) is 2.18. The molecule has 0 bridgehead atoms. The van der Waals surface area contributed by atoms with Crippen LogP contribution in [0.3, 0.4) is 0 Å². The van der Waals surface area contributed by atoms with Crippen molar-refractivity contribution >= 4 is 17.7 Å². The van der Waals surface area contributed by atoms with Crippen LogP contribution in [0.15, 0.2) is 0 Å². The number of aliphatic carboxylic acids is 1. The number of nitrogens with one attached hydrogen (secondary N) is 1. The SMILES string of the molecule is CCNC(C)(CC(C)SCCCO)C(=O)O. The van der Waals surface area contributed by atoms with Gasteiger partial charge in [-0.05, 0) is 32.1 Å². The predicted molar refractivity (Wildman–Crippen MR) is 68.0 cm³/mol. The van der Waals surface area contributed by atoms with Crippen LogP contribution in [0.4, 0.5) is 0 Å². The summed E-state index contributed by atoms with van der Waals surface area (Å²) in [7, 11) is 0. The normalized spacial score (nSPS) is 16.8. The molecule has 0 aliphatic rings. The zero-order valence-electron chi connectivity index (χ0n) is 10.3. The van der Waals surface area contributed by atoms with E-state index in [2.05, 4.69) is 5.32 Å². The zero-order valence-corrected chi connectivity index (χ0v) is 11.1. The topological polar surface area (TPSA) is 69.6 Å². The molecule has 16 heavy (non-hydrogen) atoms. The molecule has 0 radical (unpaired) electrons. The van der Waals surface area contributed by atoms with Crippen LogP contribution in [0.1, 0.15) is 33.6 Å². The van der Waals surface area contributed by atoms with Gasteiger partial charge in [0.25, 0.3) is 0 Å². The van der Waals surface area contributed by atoms with E-state index in [-0.39, 0.29) is 11.9 Å². The Morgan fingerprint density at radius 3 is 2.62 bits per heavy atom. The van der Waals surface area contributed by atoms with Crippen molar-refractivity contribution in [3.63, 3.8) is 0 Å². The van der Waals surface area contributed by atoms with Gasteiger partial charge >= 0.3 is 5.97 Å². The summed E-state index contributed by atoms with van der Waals surface area (Å²) in [4.78, 5) is 11.2. The number of carbonyl (C=O) groups is 1. The van der Waals surface area contributed by atoms with Gasteiger partial charge in [-0.1, -0.05) is 13.8 Å². The molecule has 0 aliphatic carbocycles. The Balaban J connectivity index is 4.13. The monoisotopic (exact) mass is 249 g/mol. The van der Waals surface area contributed by atoms with Gasteiger partial charge in [0.15, 0.2) is 0 Å². The number of hydrogen-bond donors (Lipinski definition) is 3.